The van der Waals surface area contributed by atoms with Crippen LogP contribution in [0.5, 0.6) is 5.75 Å². The Morgan fingerprint density at radius 3 is 1.85 bits per heavy atom. The van der Waals surface area contributed by atoms with Gasteiger partial charge in [-0.25, -0.2) is 0 Å². The van der Waals surface area contributed by atoms with Crippen LogP contribution >= 0.6 is 0 Å². The van der Waals surface area contributed by atoms with Crippen LogP contribution in [0, 0.1) is 11.8 Å². The first-order valence-corrected chi connectivity index (χ1v) is 6.81. The third-order valence-electron chi connectivity index (χ3n) is 4.45. The molecule has 2 atom stereocenters. The molecule has 1 N–H and O–H groups in total. The lowest BCUT2D eigenvalue weighted by atomic mass is 9.78. The molecule has 0 radical (unpaired) electrons. The number of phenols is 1. The van der Waals surface area contributed by atoms with Crippen molar-refractivity contribution in [1.29, 1.82) is 0 Å². The van der Waals surface area contributed by atoms with Gasteiger partial charge < -0.3 is 5.11 Å². The van der Waals surface area contributed by atoms with Gasteiger partial charge in [0, 0.05) is 0 Å². The first-order chi connectivity index (χ1) is 9.49. The minimum Gasteiger partial charge on any atom is -0.508 e. The van der Waals surface area contributed by atoms with Crippen LogP contribution in [0.2, 0.25) is 0 Å². The molecule has 3 rings (SSSR count). The standard InChI is InChI=1S/C16H17NO3/c1-9-7-13-14(8-10(9)2)16(20)17(15(13)19)11-3-5-12(18)6-4-11/h3-6,13-14,18H,7-8H2,1-2H3. The second-order valence-electron chi connectivity index (χ2n) is 5.71. The molecule has 2 unspecified atom stereocenters. The van der Waals surface area contributed by atoms with Crippen LogP contribution in [-0.4, -0.2) is 16.9 Å². The molecule has 1 aliphatic heterocycles. The molecule has 4 heteroatoms. The number of anilines is 1. The summed E-state index contributed by atoms with van der Waals surface area (Å²) >= 11 is 0. The largest absolute Gasteiger partial charge is 0.508 e. The Morgan fingerprint density at radius 2 is 1.40 bits per heavy atom. The Labute approximate surface area is 117 Å². The highest BCUT2D eigenvalue weighted by Gasteiger charge is 2.49. The monoisotopic (exact) mass is 271 g/mol. The van der Waals surface area contributed by atoms with E-state index in [9.17, 15) is 14.7 Å². The molecule has 1 saturated heterocycles. The van der Waals surface area contributed by atoms with Crippen LogP contribution in [0.25, 0.3) is 0 Å². The van der Waals surface area contributed by atoms with Crippen molar-refractivity contribution in [1.82, 2.24) is 0 Å². The second kappa shape index (κ2) is 4.47. The van der Waals surface area contributed by atoms with Crippen LogP contribution < -0.4 is 4.90 Å². The van der Waals surface area contributed by atoms with Crippen LogP contribution in [0.4, 0.5) is 5.69 Å². The van der Waals surface area contributed by atoms with Crippen molar-refractivity contribution < 1.29 is 14.7 Å². The Hall–Kier alpha value is -2.10. The molecular formula is C16H17NO3. The number of nitrogens with zero attached hydrogens (tertiary/aromatic N) is 1. The maximum Gasteiger partial charge on any atom is 0.238 e. The molecule has 4 nitrogen and oxygen atoms in total. The van der Waals surface area contributed by atoms with Crippen LogP contribution in [0.15, 0.2) is 35.4 Å². The zero-order chi connectivity index (χ0) is 14.4. The Balaban J connectivity index is 1.95. The maximum absolute atomic E-state index is 12.5. The summed E-state index contributed by atoms with van der Waals surface area (Å²) in [7, 11) is 0. The molecule has 1 heterocycles. The number of rotatable bonds is 1. The Kier molecular flexibility index (Phi) is 2.89. The number of aromatic hydroxyl groups is 1. The van der Waals surface area contributed by atoms with E-state index in [1.54, 1.807) is 12.1 Å². The predicted molar refractivity (Wildman–Crippen MR) is 75.2 cm³/mol. The molecule has 2 aliphatic rings. The van der Waals surface area contributed by atoms with Gasteiger partial charge in [-0.3, -0.25) is 14.5 Å². The van der Waals surface area contributed by atoms with E-state index >= 15 is 0 Å². The minimum absolute atomic E-state index is 0.113. The van der Waals surface area contributed by atoms with Crippen molar-refractivity contribution in [3.8, 4) is 5.75 Å². The normalized spacial score (nSPS) is 26.2. The van der Waals surface area contributed by atoms with Crippen molar-refractivity contribution in [2.24, 2.45) is 11.8 Å². The number of amides is 2. The predicted octanol–water partition coefficient (Wildman–Crippen LogP) is 2.63. The molecular weight excluding hydrogens is 254 g/mol. The molecule has 0 spiro atoms. The number of allylic oxidation sites excluding steroid dienone is 2. The number of fused-ring (bicyclic) bond motifs is 1. The fraction of sp³-hybridized carbons (Fsp3) is 0.375. The molecule has 1 aromatic carbocycles. The summed E-state index contributed by atoms with van der Waals surface area (Å²) in [6, 6.07) is 6.20. The summed E-state index contributed by atoms with van der Waals surface area (Å²) in [4.78, 5) is 26.3. The highest BCUT2D eigenvalue weighted by atomic mass is 16.3. The summed E-state index contributed by atoms with van der Waals surface area (Å²) in [5, 5.41) is 9.31. The SMILES string of the molecule is CC1=C(C)CC2C(=O)N(c3ccc(O)cc3)C(=O)C2C1. The smallest absolute Gasteiger partial charge is 0.238 e. The fourth-order valence-electron chi connectivity index (χ4n) is 3.11. The molecule has 20 heavy (non-hydrogen) atoms. The zero-order valence-electron chi connectivity index (χ0n) is 11.6. The molecule has 1 fully saturated rings. The molecule has 104 valence electrons. The van der Waals surface area contributed by atoms with E-state index < -0.39 is 0 Å². The third kappa shape index (κ3) is 1.83. The van der Waals surface area contributed by atoms with Gasteiger partial charge in [0.2, 0.25) is 11.8 Å². The van der Waals surface area contributed by atoms with Crippen molar-refractivity contribution in [2.45, 2.75) is 26.7 Å². The molecule has 1 aliphatic carbocycles. The number of hydrogen-bond acceptors (Lipinski definition) is 3. The minimum atomic E-state index is -0.222. The number of benzene rings is 1. The quantitative estimate of drug-likeness (QED) is 0.631. The number of hydrogen-bond donors (Lipinski definition) is 1. The van der Waals surface area contributed by atoms with E-state index in [1.165, 1.54) is 28.2 Å². The number of carbonyl (C=O) groups is 2. The molecule has 2 amide bonds. The van der Waals surface area contributed by atoms with Crippen LogP contribution in [0.3, 0.4) is 0 Å². The number of imide groups is 1. The van der Waals surface area contributed by atoms with E-state index in [-0.39, 0.29) is 29.4 Å². The number of carbonyl (C=O) groups excluding carboxylic acids is 2. The van der Waals surface area contributed by atoms with Crippen LogP contribution in [-0.2, 0) is 9.59 Å². The second-order valence-corrected chi connectivity index (χ2v) is 5.71. The van der Waals surface area contributed by atoms with E-state index in [2.05, 4.69) is 0 Å². The third-order valence-corrected chi connectivity index (χ3v) is 4.45. The molecule has 0 aromatic heterocycles. The Morgan fingerprint density at radius 1 is 0.950 bits per heavy atom. The summed E-state index contributed by atoms with van der Waals surface area (Å²) in [6.45, 7) is 4.07. The summed E-state index contributed by atoms with van der Waals surface area (Å²) < 4.78 is 0. The summed E-state index contributed by atoms with van der Waals surface area (Å²) in [5.41, 5.74) is 2.99. The molecule has 1 aromatic rings. The van der Waals surface area contributed by atoms with Crippen molar-refractivity contribution in [3.05, 3.63) is 35.4 Å². The van der Waals surface area contributed by atoms with Gasteiger partial charge in [0.05, 0.1) is 17.5 Å². The van der Waals surface area contributed by atoms with Gasteiger partial charge >= 0.3 is 0 Å². The lowest BCUT2D eigenvalue weighted by Crippen LogP contribution is -2.30. The van der Waals surface area contributed by atoms with Gasteiger partial charge in [-0.2, -0.15) is 0 Å². The molecule has 0 bridgehead atoms. The average Bonchev–Trinajstić information content (AvgIpc) is 2.65. The maximum atomic E-state index is 12.5. The fourth-order valence-corrected chi connectivity index (χ4v) is 3.11. The summed E-state index contributed by atoms with van der Waals surface area (Å²) in [5.74, 6) is -0.547. The topological polar surface area (TPSA) is 57.6 Å². The number of phenolic OH excluding ortho intramolecular Hbond substituents is 1. The first-order valence-electron chi connectivity index (χ1n) is 6.81. The molecule has 0 saturated carbocycles. The summed E-state index contributed by atoms with van der Waals surface area (Å²) in [6.07, 6.45) is 1.35. The van der Waals surface area contributed by atoms with E-state index in [4.69, 9.17) is 0 Å². The first kappa shape index (κ1) is 12.9. The van der Waals surface area contributed by atoms with Crippen molar-refractivity contribution in [2.75, 3.05) is 4.90 Å². The van der Waals surface area contributed by atoms with E-state index in [0.717, 1.165) is 0 Å². The van der Waals surface area contributed by atoms with Gasteiger partial charge in [0.1, 0.15) is 5.75 Å². The van der Waals surface area contributed by atoms with Gasteiger partial charge in [0.15, 0.2) is 0 Å². The highest BCUT2D eigenvalue weighted by Crippen LogP contribution is 2.42. The van der Waals surface area contributed by atoms with Gasteiger partial charge in [-0.1, -0.05) is 11.1 Å². The average molecular weight is 271 g/mol. The van der Waals surface area contributed by atoms with E-state index in [1.807, 2.05) is 13.8 Å². The Bertz CT molecular complexity index is 583. The highest BCUT2D eigenvalue weighted by molar-refractivity contribution is 6.22. The van der Waals surface area contributed by atoms with Crippen molar-refractivity contribution in [3.63, 3.8) is 0 Å². The van der Waals surface area contributed by atoms with Gasteiger partial charge in [0.25, 0.3) is 0 Å². The van der Waals surface area contributed by atoms with Crippen molar-refractivity contribution >= 4 is 17.5 Å². The van der Waals surface area contributed by atoms with Gasteiger partial charge in [-0.15, -0.1) is 0 Å². The zero-order valence-corrected chi connectivity index (χ0v) is 11.6. The van der Waals surface area contributed by atoms with E-state index in [0.29, 0.717) is 18.5 Å². The lowest BCUT2D eigenvalue weighted by Gasteiger charge is -2.23. The van der Waals surface area contributed by atoms with Crippen LogP contribution in [0.1, 0.15) is 26.7 Å². The van der Waals surface area contributed by atoms with Gasteiger partial charge in [-0.05, 0) is 51.0 Å². The lowest BCUT2D eigenvalue weighted by molar-refractivity contribution is -0.122.